The molecule has 0 radical (unpaired) electrons. The van der Waals surface area contributed by atoms with E-state index in [1.807, 2.05) is 0 Å². The summed E-state index contributed by atoms with van der Waals surface area (Å²) < 4.78 is 0. The Morgan fingerprint density at radius 1 is 1.46 bits per heavy atom. The lowest BCUT2D eigenvalue weighted by molar-refractivity contribution is 0.435. The molecule has 1 N–H and O–H groups in total. The molecule has 0 unspecified atom stereocenters. The monoisotopic (exact) mass is 181 g/mol. The second-order valence-corrected chi connectivity index (χ2v) is 3.87. The molecule has 74 valence electrons. The minimum absolute atomic E-state index is 0.544. The van der Waals surface area contributed by atoms with Crippen molar-refractivity contribution in [3.05, 3.63) is 12.2 Å². The van der Waals surface area contributed by atoms with Crippen molar-refractivity contribution in [3.8, 4) is 0 Å². The Balaban J connectivity index is 2.58. The van der Waals surface area contributed by atoms with Gasteiger partial charge in [0.1, 0.15) is 12.2 Å². The number of hydrogen-bond donors (Lipinski definition) is 1. The predicted molar refractivity (Wildman–Crippen MR) is 53.5 cm³/mol. The third-order valence-corrected chi connectivity index (χ3v) is 2.46. The van der Waals surface area contributed by atoms with E-state index >= 15 is 0 Å². The lowest BCUT2D eigenvalue weighted by Crippen LogP contribution is -2.08. The Hall–Kier alpha value is -0.860. The third-order valence-electron chi connectivity index (χ3n) is 2.46. The summed E-state index contributed by atoms with van der Waals surface area (Å²) in [7, 11) is 0. The van der Waals surface area contributed by atoms with Crippen molar-refractivity contribution in [1.29, 1.82) is 0 Å². The van der Waals surface area contributed by atoms with Gasteiger partial charge in [-0.25, -0.2) is 0 Å². The first-order valence-electron chi connectivity index (χ1n) is 5.11. The van der Waals surface area contributed by atoms with E-state index in [1.54, 1.807) is 6.33 Å². The van der Waals surface area contributed by atoms with Gasteiger partial charge >= 0.3 is 0 Å². The Morgan fingerprint density at radius 2 is 2.23 bits per heavy atom. The fourth-order valence-corrected chi connectivity index (χ4v) is 1.61. The van der Waals surface area contributed by atoms with Gasteiger partial charge in [0.05, 0.1) is 0 Å². The number of nitrogens with one attached hydrogen (secondary N) is 1. The van der Waals surface area contributed by atoms with E-state index in [0.29, 0.717) is 11.8 Å². The molecule has 0 saturated carbocycles. The quantitative estimate of drug-likeness (QED) is 0.758. The van der Waals surface area contributed by atoms with Crippen LogP contribution >= 0.6 is 0 Å². The Kier molecular flexibility index (Phi) is 3.93. The minimum Gasteiger partial charge on any atom is -0.331 e. The van der Waals surface area contributed by atoms with E-state index in [-0.39, 0.29) is 0 Å². The largest absolute Gasteiger partial charge is 0.331 e. The minimum atomic E-state index is 0.544. The summed E-state index contributed by atoms with van der Waals surface area (Å²) in [5.41, 5.74) is 0. The maximum atomic E-state index is 4.09. The van der Waals surface area contributed by atoms with Crippen molar-refractivity contribution in [2.75, 3.05) is 0 Å². The molecule has 0 saturated heterocycles. The van der Waals surface area contributed by atoms with E-state index in [4.69, 9.17) is 0 Å². The van der Waals surface area contributed by atoms with E-state index in [2.05, 4.69) is 36.0 Å². The van der Waals surface area contributed by atoms with Crippen LogP contribution < -0.4 is 0 Å². The molecule has 0 aliphatic heterocycles. The molecule has 0 bridgehead atoms. The third kappa shape index (κ3) is 2.83. The highest BCUT2D eigenvalue weighted by Gasteiger charge is 2.17. The van der Waals surface area contributed by atoms with Crippen LogP contribution in [0.1, 0.15) is 51.8 Å². The van der Waals surface area contributed by atoms with Crippen molar-refractivity contribution >= 4 is 0 Å². The van der Waals surface area contributed by atoms with Crippen LogP contribution in [-0.4, -0.2) is 15.2 Å². The summed E-state index contributed by atoms with van der Waals surface area (Å²) in [4.78, 5) is 3.11. The normalized spacial score (nSPS) is 13.5. The van der Waals surface area contributed by atoms with Gasteiger partial charge in [-0.3, -0.25) is 0 Å². The fraction of sp³-hybridized carbons (Fsp3) is 0.800. The van der Waals surface area contributed by atoms with Crippen LogP contribution in [0.25, 0.3) is 0 Å². The molecule has 0 fully saturated rings. The Morgan fingerprint density at radius 3 is 2.69 bits per heavy atom. The standard InChI is InChI=1S/C10H19N3/c1-4-5-6-9(8(2)3)10-11-7-12-13-10/h7-9H,4-6H2,1-3H3,(H,11,12,13)/t9-/m0/s1. The Labute approximate surface area is 80.0 Å². The molecule has 3 nitrogen and oxygen atoms in total. The summed E-state index contributed by atoms with van der Waals surface area (Å²) in [6.07, 6.45) is 5.39. The summed E-state index contributed by atoms with van der Waals surface area (Å²) in [6, 6.07) is 0. The number of nitrogens with zero attached hydrogens (tertiary/aromatic N) is 2. The van der Waals surface area contributed by atoms with Crippen LogP contribution in [0.4, 0.5) is 0 Å². The molecule has 1 aromatic rings. The molecule has 1 atom stereocenters. The van der Waals surface area contributed by atoms with Gasteiger partial charge in [-0.2, -0.15) is 0 Å². The molecule has 0 spiro atoms. The smallest absolute Gasteiger partial charge is 0.133 e. The zero-order valence-corrected chi connectivity index (χ0v) is 8.75. The average Bonchev–Trinajstić information content (AvgIpc) is 2.57. The van der Waals surface area contributed by atoms with Crippen molar-refractivity contribution < 1.29 is 0 Å². The van der Waals surface area contributed by atoms with E-state index in [1.165, 1.54) is 19.3 Å². The molecule has 0 aliphatic rings. The van der Waals surface area contributed by atoms with Gasteiger partial charge < -0.3 is 4.98 Å². The molecule has 13 heavy (non-hydrogen) atoms. The summed E-state index contributed by atoms with van der Waals surface area (Å²) in [5.74, 6) is 2.23. The number of unbranched alkanes of at least 4 members (excludes halogenated alkanes) is 1. The van der Waals surface area contributed by atoms with Gasteiger partial charge in [-0.15, -0.1) is 10.2 Å². The number of hydrogen-bond acceptors (Lipinski definition) is 2. The Bertz CT molecular complexity index is 216. The second-order valence-electron chi connectivity index (χ2n) is 3.87. The van der Waals surface area contributed by atoms with Crippen molar-refractivity contribution in [2.45, 2.75) is 46.0 Å². The van der Waals surface area contributed by atoms with E-state index in [9.17, 15) is 0 Å². The summed E-state index contributed by atoms with van der Waals surface area (Å²) in [6.45, 7) is 6.70. The number of rotatable bonds is 5. The maximum Gasteiger partial charge on any atom is 0.133 e. The van der Waals surface area contributed by atoms with Gasteiger partial charge in [0, 0.05) is 5.92 Å². The van der Waals surface area contributed by atoms with Crippen molar-refractivity contribution in [2.24, 2.45) is 5.92 Å². The number of H-pyrrole nitrogens is 1. The van der Waals surface area contributed by atoms with Crippen LogP contribution in [-0.2, 0) is 0 Å². The van der Waals surface area contributed by atoms with Crippen molar-refractivity contribution in [1.82, 2.24) is 15.2 Å². The molecule has 0 aromatic carbocycles. The molecule has 1 rings (SSSR count). The number of aromatic amines is 1. The first kappa shape index (κ1) is 10.2. The lowest BCUT2D eigenvalue weighted by Gasteiger charge is -2.17. The van der Waals surface area contributed by atoms with Crippen LogP contribution in [0, 0.1) is 5.92 Å². The highest BCUT2D eigenvalue weighted by Crippen LogP contribution is 2.26. The number of aromatic nitrogens is 3. The SMILES string of the molecule is CCCC[C@H](c1nnc[nH]1)C(C)C. The van der Waals surface area contributed by atoms with Crippen LogP contribution in [0.5, 0.6) is 0 Å². The zero-order chi connectivity index (χ0) is 9.68. The van der Waals surface area contributed by atoms with Gasteiger partial charge in [-0.05, 0) is 12.3 Å². The lowest BCUT2D eigenvalue weighted by atomic mass is 9.90. The molecular formula is C10H19N3. The molecule has 3 heteroatoms. The summed E-state index contributed by atoms with van der Waals surface area (Å²) >= 11 is 0. The molecule has 0 aliphatic carbocycles. The zero-order valence-electron chi connectivity index (χ0n) is 8.75. The first-order valence-corrected chi connectivity index (χ1v) is 5.11. The van der Waals surface area contributed by atoms with Crippen molar-refractivity contribution in [3.63, 3.8) is 0 Å². The molecule has 1 heterocycles. The van der Waals surface area contributed by atoms with Gasteiger partial charge in [0.15, 0.2) is 0 Å². The van der Waals surface area contributed by atoms with Gasteiger partial charge in [0.25, 0.3) is 0 Å². The highest BCUT2D eigenvalue weighted by atomic mass is 15.2. The average molecular weight is 181 g/mol. The van der Waals surface area contributed by atoms with Gasteiger partial charge in [0.2, 0.25) is 0 Å². The first-order chi connectivity index (χ1) is 6.25. The predicted octanol–water partition coefficient (Wildman–Crippen LogP) is 2.73. The highest BCUT2D eigenvalue weighted by molar-refractivity contribution is 4.94. The van der Waals surface area contributed by atoms with Crippen LogP contribution in [0.3, 0.4) is 0 Å². The maximum absolute atomic E-state index is 4.09. The topological polar surface area (TPSA) is 41.6 Å². The fourth-order valence-electron chi connectivity index (χ4n) is 1.61. The molecule has 1 aromatic heterocycles. The summed E-state index contributed by atoms with van der Waals surface area (Å²) in [5, 5.41) is 7.91. The van der Waals surface area contributed by atoms with Crippen LogP contribution in [0.2, 0.25) is 0 Å². The van der Waals surface area contributed by atoms with E-state index in [0.717, 1.165) is 5.82 Å². The molecule has 0 amide bonds. The second kappa shape index (κ2) is 5.00. The molecular weight excluding hydrogens is 162 g/mol. The van der Waals surface area contributed by atoms with Crippen LogP contribution in [0.15, 0.2) is 6.33 Å². The van der Waals surface area contributed by atoms with E-state index < -0.39 is 0 Å². The van der Waals surface area contributed by atoms with Gasteiger partial charge in [-0.1, -0.05) is 33.6 Å².